The first kappa shape index (κ1) is 15.3. The van der Waals surface area contributed by atoms with Crippen LogP contribution < -0.4 is 10.2 Å². The number of nitrogens with zero attached hydrogens (tertiary/aromatic N) is 3. The zero-order chi connectivity index (χ0) is 14.5. The number of rotatable bonds is 5. The van der Waals surface area contributed by atoms with Crippen LogP contribution in [0, 0.1) is 5.92 Å². The summed E-state index contributed by atoms with van der Waals surface area (Å²) < 4.78 is 0. The van der Waals surface area contributed by atoms with Gasteiger partial charge in [-0.15, -0.1) is 0 Å². The number of piperazine rings is 1. The second-order valence-electron chi connectivity index (χ2n) is 6.29. The van der Waals surface area contributed by atoms with Gasteiger partial charge in [0.1, 0.15) is 5.82 Å². The number of anilines is 1. The summed E-state index contributed by atoms with van der Waals surface area (Å²) in [5.41, 5.74) is 1.13. The predicted octanol–water partition coefficient (Wildman–Crippen LogP) is 1.97. The summed E-state index contributed by atoms with van der Waals surface area (Å²) in [6, 6.07) is 6.95. The number of nitrogens with one attached hydrogen (secondary N) is 1. The maximum atomic E-state index is 4.80. The smallest absolute Gasteiger partial charge is 0.128 e. The molecule has 1 aromatic rings. The van der Waals surface area contributed by atoms with Gasteiger partial charge >= 0.3 is 0 Å². The molecule has 4 heteroatoms. The molecule has 1 saturated heterocycles. The molecular formula is C16H28N4. The third kappa shape index (κ3) is 4.18. The van der Waals surface area contributed by atoms with Crippen molar-refractivity contribution in [2.45, 2.75) is 33.4 Å². The lowest BCUT2D eigenvalue weighted by Crippen LogP contribution is -2.50. The van der Waals surface area contributed by atoms with E-state index < -0.39 is 0 Å². The molecule has 0 aromatic carbocycles. The zero-order valence-corrected chi connectivity index (χ0v) is 13.3. The number of likely N-dealkylation sites (N-methyl/N-ethyl adjacent to an activating group) is 1. The van der Waals surface area contributed by atoms with Gasteiger partial charge in [0.15, 0.2) is 0 Å². The predicted molar refractivity (Wildman–Crippen MR) is 85.1 cm³/mol. The van der Waals surface area contributed by atoms with E-state index in [-0.39, 0.29) is 0 Å². The maximum absolute atomic E-state index is 4.80. The Kier molecular flexibility index (Phi) is 5.38. The van der Waals surface area contributed by atoms with E-state index >= 15 is 0 Å². The SMILES string of the molecule is CC(C)CNCc1cccc(N2CCN(C)C(C)C2)n1. The molecule has 20 heavy (non-hydrogen) atoms. The van der Waals surface area contributed by atoms with Crippen molar-refractivity contribution < 1.29 is 0 Å². The van der Waals surface area contributed by atoms with E-state index in [1.807, 2.05) is 0 Å². The molecular weight excluding hydrogens is 248 g/mol. The summed E-state index contributed by atoms with van der Waals surface area (Å²) in [6.45, 7) is 11.9. The highest BCUT2D eigenvalue weighted by Crippen LogP contribution is 2.16. The van der Waals surface area contributed by atoms with E-state index in [1.165, 1.54) is 0 Å². The highest BCUT2D eigenvalue weighted by atomic mass is 15.3. The van der Waals surface area contributed by atoms with Crippen molar-refractivity contribution in [2.75, 3.05) is 38.1 Å². The van der Waals surface area contributed by atoms with Gasteiger partial charge in [0, 0.05) is 32.2 Å². The Bertz CT molecular complexity index is 419. The van der Waals surface area contributed by atoms with E-state index in [4.69, 9.17) is 4.98 Å². The minimum Gasteiger partial charge on any atom is -0.354 e. The Morgan fingerprint density at radius 2 is 2.15 bits per heavy atom. The molecule has 1 aliphatic heterocycles. The summed E-state index contributed by atoms with van der Waals surface area (Å²) >= 11 is 0. The fourth-order valence-electron chi connectivity index (χ4n) is 2.49. The fourth-order valence-corrected chi connectivity index (χ4v) is 2.49. The van der Waals surface area contributed by atoms with Crippen LogP contribution in [-0.2, 0) is 6.54 Å². The fraction of sp³-hybridized carbons (Fsp3) is 0.688. The van der Waals surface area contributed by atoms with E-state index in [0.29, 0.717) is 12.0 Å². The van der Waals surface area contributed by atoms with Gasteiger partial charge in [-0.2, -0.15) is 0 Å². The first-order chi connectivity index (χ1) is 9.56. The normalized spacial score (nSPS) is 20.6. The van der Waals surface area contributed by atoms with Crippen molar-refractivity contribution in [1.82, 2.24) is 15.2 Å². The lowest BCUT2D eigenvalue weighted by Gasteiger charge is -2.38. The lowest BCUT2D eigenvalue weighted by atomic mass is 10.2. The van der Waals surface area contributed by atoms with Gasteiger partial charge in [-0.3, -0.25) is 0 Å². The maximum Gasteiger partial charge on any atom is 0.128 e. The quantitative estimate of drug-likeness (QED) is 0.891. The third-order valence-corrected chi connectivity index (χ3v) is 3.93. The Balaban J connectivity index is 1.95. The molecule has 112 valence electrons. The third-order valence-electron chi connectivity index (χ3n) is 3.93. The average molecular weight is 276 g/mol. The molecule has 2 heterocycles. The summed E-state index contributed by atoms with van der Waals surface area (Å²) in [4.78, 5) is 9.60. The summed E-state index contributed by atoms with van der Waals surface area (Å²) in [6.07, 6.45) is 0. The average Bonchev–Trinajstić information content (AvgIpc) is 2.42. The van der Waals surface area contributed by atoms with Crippen LogP contribution in [0.5, 0.6) is 0 Å². The highest BCUT2D eigenvalue weighted by molar-refractivity contribution is 5.40. The highest BCUT2D eigenvalue weighted by Gasteiger charge is 2.21. The largest absolute Gasteiger partial charge is 0.354 e. The second-order valence-corrected chi connectivity index (χ2v) is 6.29. The standard InChI is InChI=1S/C16H28N4/c1-13(2)10-17-11-15-6-5-7-16(18-15)20-9-8-19(4)14(3)12-20/h5-7,13-14,17H,8-12H2,1-4H3. The van der Waals surface area contributed by atoms with Crippen LogP contribution >= 0.6 is 0 Å². The molecule has 0 radical (unpaired) electrons. The van der Waals surface area contributed by atoms with Gasteiger partial charge in [-0.05, 0) is 38.6 Å². The molecule has 2 rings (SSSR count). The zero-order valence-electron chi connectivity index (χ0n) is 13.3. The monoisotopic (exact) mass is 276 g/mol. The number of hydrogen-bond donors (Lipinski definition) is 1. The van der Waals surface area contributed by atoms with E-state index in [2.05, 4.69) is 61.1 Å². The van der Waals surface area contributed by atoms with Gasteiger partial charge < -0.3 is 15.1 Å². The molecule has 1 N–H and O–H groups in total. The summed E-state index contributed by atoms with van der Waals surface area (Å²) in [5, 5.41) is 3.46. The topological polar surface area (TPSA) is 31.4 Å². The number of hydrogen-bond acceptors (Lipinski definition) is 4. The van der Waals surface area contributed by atoms with Crippen LogP contribution in [0.4, 0.5) is 5.82 Å². The van der Waals surface area contributed by atoms with Gasteiger partial charge in [-0.25, -0.2) is 4.98 Å². The molecule has 1 atom stereocenters. The van der Waals surface area contributed by atoms with Crippen molar-refractivity contribution in [3.63, 3.8) is 0 Å². The molecule has 0 bridgehead atoms. The lowest BCUT2D eigenvalue weighted by molar-refractivity contribution is 0.233. The minimum atomic E-state index is 0.591. The van der Waals surface area contributed by atoms with Crippen molar-refractivity contribution in [3.05, 3.63) is 23.9 Å². The molecule has 0 spiro atoms. The molecule has 0 saturated carbocycles. The Hall–Kier alpha value is -1.13. The summed E-state index contributed by atoms with van der Waals surface area (Å²) in [7, 11) is 2.20. The number of aromatic nitrogens is 1. The van der Waals surface area contributed by atoms with Crippen molar-refractivity contribution in [2.24, 2.45) is 5.92 Å². The Labute approximate surface area is 123 Å². The molecule has 1 aromatic heterocycles. The molecule has 1 fully saturated rings. The molecule has 1 aliphatic rings. The van der Waals surface area contributed by atoms with E-state index in [9.17, 15) is 0 Å². The minimum absolute atomic E-state index is 0.591. The van der Waals surface area contributed by atoms with Gasteiger partial charge in [0.05, 0.1) is 5.69 Å². The van der Waals surface area contributed by atoms with Crippen LogP contribution in [0.3, 0.4) is 0 Å². The Morgan fingerprint density at radius 3 is 2.85 bits per heavy atom. The van der Waals surface area contributed by atoms with Crippen molar-refractivity contribution >= 4 is 5.82 Å². The van der Waals surface area contributed by atoms with E-state index in [1.54, 1.807) is 0 Å². The van der Waals surface area contributed by atoms with Crippen molar-refractivity contribution in [1.29, 1.82) is 0 Å². The van der Waals surface area contributed by atoms with Crippen molar-refractivity contribution in [3.8, 4) is 0 Å². The van der Waals surface area contributed by atoms with Crippen LogP contribution in [0.15, 0.2) is 18.2 Å². The van der Waals surface area contributed by atoms with Crippen LogP contribution in [0.1, 0.15) is 26.5 Å². The molecule has 4 nitrogen and oxygen atoms in total. The number of pyridine rings is 1. The van der Waals surface area contributed by atoms with Gasteiger partial charge in [0.2, 0.25) is 0 Å². The van der Waals surface area contributed by atoms with E-state index in [0.717, 1.165) is 44.2 Å². The van der Waals surface area contributed by atoms with Crippen LogP contribution in [0.25, 0.3) is 0 Å². The molecule has 0 amide bonds. The molecule has 1 unspecified atom stereocenters. The van der Waals surface area contributed by atoms with Crippen LogP contribution in [-0.4, -0.2) is 49.2 Å². The first-order valence-electron chi connectivity index (χ1n) is 7.68. The second kappa shape index (κ2) is 7.04. The van der Waals surface area contributed by atoms with Gasteiger partial charge in [0.25, 0.3) is 0 Å². The van der Waals surface area contributed by atoms with Crippen LogP contribution in [0.2, 0.25) is 0 Å². The summed E-state index contributed by atoms with van der Waals surface area (Å²) in [5.74, 6) is 1.80. The Morgan fingerprint density at radius 1 is 1.35 bits per heavy atom. The van der Waals surface area contributed by atoms with Gasteiger partial charge in [-0.1, -0.05) is 19.9 Å². The molecule has 0 aliphatic carbocycles. The first-order valence-corrected chi connectivity index (χ1v) is 7.68.